The van der Waals surface area contributed by atoms with Crippen LogP contribution in [0.25, 0.3) is 0 Å². The Morgan fingerprint density at radius 1 is 1.28 bits per heavy atom. The maximum Gasteiger partial charge on any atom is 0.250 e. The number of carbonyl (C=O) groups excluding carboxylic acids is 1. The van der Waals surface area contributed by atoms with Crippen LogP contribution < -0.4 is 10.2 Å². The van der Waals surface area contributed by atoms with Gasteiger partial charge in [0.2, 0.25) is 0 Å². The minimum atomic E-state index is -1.93. The van der Waals surface area contributed by atoms with Gasteiger partial charge in [-0.15, -0.1) is 0 Å². The molecule has 1 aromatic carbocycles. The molecule has 0 heterocycles. The normalized spacial score (nSPS) is 12.3. The van der Waals surface area contributed by atoms with Gasteiger partial charge in [0.15, 0.2) is 5.78 Å². The van der Waals surface area contributed by atoms with Gasteiger partial charge in [-0.2, -0.15) is 0 Å². The van der Waals surface area contributed by atoms with Crippen molar-refractivity contribution in [3.8, 4) is 5.75 Å². The van der Waals surface area contributed by atoms with Crippen molar-refractivity contribution in [2.75, 3.05) is 5.73 Å². The lowest BCUT2D eigenvalue weighted by atomic mass is 10.1. The number of anilines is 1. The Labute approximate surface area is 110 Å². The molecule has 1 rings (SSSR count). The summed E-state index contributed by atoms with van der Waals surface area (Å²) in [6.07, 6.45) is 0. The van der Waals surface area contributed by atoms with E-state index in [-0.39, 0.29) is 10.8 Å². The summed E-state index contributed by atoms with van der Waals surface area (Å²) < 4.78 is 6.15. The first-order valence-electron chi connectivity index (χ1n) is 6.14. The highest BCUT2D eigenvalue weighted by atomic mass is 28.4. The minimum Gasteiger partial charge on any atom is -0.542 e. The molecular formula is C14H23NO2Si. The van der Waals surface area contributed by atoms with Crippen molar-refractivity contribution in [2.45, 2.75) is 45.8 Å². The van der Waals surface area contributed by atoms with Gasteiger partial charge in [0.1, 0.15) is 5.75 Å². The predicted molar refractivity (Wildman–Crippen MR) is 78.7 cm³/mol. The van der Waals surface area contributed by atoms with Crippen molar-refractivity contribution >= 4 is 19.8 Å². The highest BCUT2D eigenvalue weighted by Crippen LogP contribution is 2.38. The molecule has 0 spiro atoms. The summed E-state index contributed by atoms with van der Waals surface area (Å²) in [6.45, 7) is 12.4. The van der Waals surface area contributed by atoms with E-state index in [1.807, 2.05) is 0 Å². The van der Waals surface area contributed by atoms with E-state index in [0.717, 1.165) is 0 Å². The summed E-state index contributed by atoms with van der Waals surface area (Å²) in [5.74, 6) is 0.657. The Morgan fingerprint density at radius 3 is 2.28 bits per heavy atom. The SMILES string of the molecule is CC(=O)c1ccc(N)c(O[Si](C)(C)C(C)(C)C)c1. The van der Waals surface area contributed by atoms with Gasteiger partial charge in [0.05, 0.1) is 5.69 Å². The summed E-state index contributed by atoms with van der Waals surface area (Å²) in [4.78, 5) is 11.4. The zero-order chi connectivity index (χ0) is 14.1. The topological polar surface area (TPSA) is 52.3 Å². The first kappa shape index (κ1) is 14.8. The van der Waals surface area contributed by atoms with Gasteiger partial charge in [-0.05, 0) is 43.3 Å². The van der Waals surface area contributed by atoms with Gasteiger partial charge >= 0.3 is 0 Å². The van der Waals surface area contributed by atoms with Crippen molar-refractivity contribution < 1.29 is 9.22 Å². The van der Waals surface area contributed by atoms with Crippen molar-refractivity contribution in [2.24, 2.45) is 0 Å². The van der Waals surface area contributed by atoms with E-state index in [1.165, 1.54) is 0 Å². The Kier molecular flexibility index (Phi) is 3.91. The average Bonchev–Trinajstić information content (AvgIpc) is 2.18. The molecule has 0 atom stereocenters. The van der Waals surface area contributed by atoms with Gasteiger partial charge in [0, 0.05) is 5.56 Å². The van der Waals surface area contributed by atoms with Crippen LogP contribution in [0.5, 0.6) is 5.75 Å². The Hall–Kier alpha value is -1.29. The molecule has 18 heavy (non-hydrogen) atoms. The summed E-state index contributed by atoms with van der Waals surface area (Å²) in [5, 5.41) is 0.103. The van der Waals surface area contributed by atoms with Crippen molar-refractivity contribution in [3.63, 3.8) is 0 Å². The smallest absolute Gasteiger partial charge is 0.250 e. The molecule has 0 aliphatic carbocycles. The zero-order valence-electron chi connectivity index (χ0n) is 12.1. The number of carbonyl (C=O) groups is 1. The van der Waals surface area contributed by atoms with Gasteiger partial charge in [-0.3, -0.25) is 4.79 Å². The van der Waals surface area contributed by atoms with E-state index < -0.39 is 8.32 Å². The third-order valence-electron chi connectivity index (χ3n) is 3.59. The van der Waals surface area contributed by atoms with E-state index in [4.69, 9.17) is 10.2 Å². The van der Waals surface area contributed by atoms with Crippen molar-refractivity contribution in [3.05, 3.63) is 23.8 Å². The predicted octanol–water partition coefficient (Wildman–Crippen LogP) is 3.86. The van der Waals surface area contributed by atoms with E-state index in [9.17, 15) is 4.79 Å². The quantitative estimate of drug-likeness (QED) is 0.513. The molecule has 0 aliphatic heterocycles. The summed E-state index contributed by atoms with van der Waals surface area (Å²) >= 11 is 0. The lowest BCUT2D eigenvalue weighted by Crippen LogP contribution is -2.44. The largest absolute Gasteiger partial charge is 0.542 e. The molecule has 0 aromatic heterocycles. The van der Waals surface area contributed by atoms with E-state index in [0.29, 0.717) is 17.0 Å². The van der Waals surface area contributed by atoms with E-state index in [1.54, 1.807) is 25.1 Å². The highest BCUT2D eigenvalue weighted by Gasteiger charge is 2.39. The lowest BCUT2D eigenvalue weighted by molar-refractivity contribution is 0.101. The molecule has 3 nitrogen and oxygen atoms in total. The molecule has 1 aromatic rings. The third kappa shape index (κ3) is 3.13. The number of hydrogen-bond donors (Lipinski definition) is 1. The molecule has 0 saturated heterocycles. The second kappa shape index (κ2) is 4.76. The van der Waals surface area contributed by atoms with Crippen LogP contribution in [-0.4, -0.2) is 14.1 Å². The van der Waals surface area contributed by atoms with Gasteiger partial charge in [-0.25, -0.2) is 0 Å². The molecular weight excluding hydrogens is 242 g/mol. The first-order valence-corrected chi connectivity index (χ1v) is 9.05. The van der Waals surface area contributed by atoms with Crippen molar-refractivity contribution in [1.82, 2.24) is 0 Å². The molecule has 0 fully saturated rings. The van der Waals surface area contributed by atoms with E-state index in [2.05, 4.69) is 33.9 Å². The lowest BCUT2D eigenvalue weighted by Gasteiger charge is -2.36. The van der Waals surface area contributed by atoms with Crippen molar-refractivity contribution in [1.29, 1.82) is 0 Å². The fraction of sp³-hybridized carbons (Fsp3) is 0.500. The fourth-order valence-electron chi connectivity index (χ4n) is 1.27. The molecule has 0 radical (unpaired) electrons. The maximum atomic E-state index is 11.4. The van der Waals surface area contributed by atoms with Crippen LogP contribution in [0.2, 0.25) is 18.1 Å². The van der Waals surface area contributed by atoms with Gasteiger partial charge in [-0.1, -0.05) is 20.8 Å². The minimum absolute atomic E-state index is 0.0232. The van der Waals surface area contributed by atoms with Crippen LogP contribution in [0.1, 0.15) is 38.1 Å². The number of nitrogens with two attached hydrogens (primary N) is 1. The molecule has 0 aliphatic rings. The average molecular weight is 265 g/mol. The standard InChI is InChI=1S/C14H23NO2Si/c1-10(16)11-7-8-12(15)13(9-11)17-18(5,6)14(2,3)4/h7-9H,15H2,1-6H3. The second-order valence-corrected chi connectivity index (χ2v) is 10.9. The van der Waals surface area contributed by atoms with Gasteiger partial charge < -0.3 is 10.2 Å². The summed E-state index contributed by atoms with van der Waals surface area (Å²) in [7, 11) is -1.93. The van der Waals surface area contributed by atoms with Gasteiger partial charge in [0.25, 0.3) is 8.32 Å². The number of ketones is 1. The summed E-state index contributed by atoms with van der Waals surface area (Å²) in [6, 6.07) is 5.22. The monoisotopic (exact) mass is 265 g/mol. The van der Waals surface area contributed by atoms with E-state index >= 15 is 0 Å². The Bertz CT molecular complexity index is 461. The number of rotatable bonds is 3. The second-order valence-electron chi connectivity index (χ2n) is 6.17. The molecule has 0 amide bonds. The Balaban J connectivity index is 3.11. The molecule has 0 saturated carbocycles. The molecule has 4 heteroatoms. The fourth-order valence-corrected chi connectivity index (χ4v) is 2.30. The van der Waals surface area contributed by atoms with Crippen LogP contribution in [0.15, 0.2) is 18.2 Å². The number of Topliss-reactive ketones (excluding diaryl/α,β-unsaturated/α-hetero) is 1. The van der Waals surface area contributed by atoms with Crippen LogP contribution >= 0.6 is 0 Å². The number of benzene rings is 1. The Morgan fingerprint density at radius 2 is 1.83 bits per heavy atom. The highest BCUT2D eigenvalue weighted by molar-refractivity contribution is 6.74. The van der Waals surface area contributed by atoms with Crippen LogP contribution in [0.3, 0.4) is 0 Å². The zero-order valence-corrected chi connectivity index (χ0v) is 13.1. The third-order valence-corrected chi connectivity index (χ3v) is 7.93. The number of hydrogen-bond acceptors (Lipinski definition) is 3. The van der Waals surface area contributed by atoms with Crippen LogP contribution in [-0.2, 0) is 0 Å². The first-order chi connectivity index (χ1) is 8.04. The van der Waals surface area contributed by atoms with Crippen LogP contribution in [0, 0.1) is 0 Å². The maximum absolute atomic E-state index is 11.4. The molecule has 0 bridgehead atoms. The molecule has 2 N–H and O–H groups in total. The van der Waals surface area contributed by atoms with Crippen LogP contribution in [0.4, 0.5) is 5.69 Å². The summed E-state index contributed by atoms with van der Waals surface area (Å²) in [5.41, 5.74) is 7.15. The number of nitrogen functional groups attached to an aromatic ring is 1. The molecule has 0 unspecified atom stereocenters. The molecule has 100 valence electrons.